The van der Waals surface area contributed by atoms with Gasteiger partial charge < -0.3 is 16.2 Å². The van der Waals surface area contributed by atoms with Crippen molar-refractivity contribution in [3.8, 4) is 5.75 Å². The molecule has 0 aliphatic rings. The van der Waals surface area contributed by atoms with E-state index >= 15 is 0 Å². The van der Waals surface area contributed by atoms with Gasteiger partial charge in [0.25, 0.3) is 0 Å². The zero-order valence-electron chi connectivity index (χ0n) is 8.06. The molecule has 1 rings (SSSR count). The number of nitrogens with two attached hydrogens (primary N) is 1. The minimum Gasteiger partial charge on any atom is -0.508 e. The van der Waals surface area contributed by atoms with Crippen LogP contribution in [0.25, 0.3) is 0 Å². The summed E-state index contributed by atoms with van der Waals surface area (Å²) in [6, 6.07) is 6.37. The number of rotatable bonds is 4. The minimum atomic E-state index is -0.584. The maximum atomic E-state index is 11.2. The van der Waals surface area contributed by atoms with Gasteiger partial charge >= 0.3 is 0 Å². The number of phenols is 1. The predicted octanol–water partition coefficient (Wildman–Crippen LogP) is -0.464. The molecule has 0 saturated heterocycles. The zero-order valence-corrected chi connectivity index (χ0v) is 8.06. The molecule has 5 nitrogen and oxygen atoms in total. The summed E-state index contributed by atoms with van der Waals surface area (Å²) < 4.78 is 0. The number of benzene rings is 1. The summed E-state index contributed by atoms with van der Waals surface area (Å²) in [5.41, 5.74) is 5.54. The van der Waals surface area contributed by atoms with Gasteiger partial charge in [0.2, 0.25) is 11.8 Å². The minimum absolute atomic E-state index is 0.107. The van der Waals surface area contributed by atoms with E-state index in [9.17, 15) is 9.59 Å². The van der Waals surface area contributed by atoms with E-state index in [2.05, 4.69) is 5.32 Å². The van der Waals surface area contributed by atoms with Gasteiger partial charge in [0.15, 0.2) is 0 Å². The Hall–Kier alpha value is -2.04. The molecule has 0 heterocycles. The lowest BCUT2D eigenvalue weighted by atomic mass is 10.1. The molecule has 0 saturated carbocycles. The molecule has 1 aromatic carbocycles. The number of nitrogens with one attached hydrogen (secondary N) is 1. The van der Waals surface area contributed by atoms with Crippen LogP contribution in [0.4, 0.5) is 0 Å². The molecule has 0 radical (unpaired) electrons. The highest BCUT2D eigenvalue weighted by Gasteiger charge is 2.04. The Kier molecular flexibility index (Phi) is 3.68. The summed E-state index contributed by atoms with van der Waals surface area (Å²) in [5, 5.41) is 11.5. The normalized spacial score (nSPS) is 9.60. The molecule has 0 atom stereocenters. The second-order valence-electron chi connectivity index (χ2n) is 3.09. The highest BCUT2D eigenvalue weighted by Crippen LogP contribution is 2.10. The maximum Gasteiger partial charge on any atom is 0.236 e. The number of carbonyl (C=O) groups is 2. The fraction of sp³-hybridized carbons (Fsp3) is 0.200. The zero-order chi connectivity index (χ0) is 11.3. The molecular weight excluding hydrogens is 196 g/mol. The largest absolute Gasteiger partial charge is 0.508 e. The van der Waals surface area contributed by atoms with E-state index in [-0.39, 0.29) is 24.6 Å². The molecule has 1 aromatic rings. The van der Waals surface area contributed by atoms with Gasteiger partial charge in [0.1, 0.15) is 5.75 Å². The smallest absolute Gasteiger partial charge is 0.236 e. The standard InChI is InChI=1S/C10H12N2O3/c11-9(14)6-12-10(15)5-7-2-1-3-8(13)4-7/h1-4,13H,5-6H2,(H2,11,14)(H,12,15). The summed E-state index contributed by atoms with van der Waals surface area (Å²) in [6.45, 7) is -0.169. The molecule has 5 heteroatoms. The Morgan fingerprint density at radius 1 is 1.40 bits per heavy atom. The number of phenolic OH excluding ortho intramolecular Hbond substituents is 1. The van der Waals surface area contributed by atoms with Gasteiger partial charge in [-0.05, 0) is 17.7 Å². The first-order valence-corrected chi connectivity index (χ1v) is 4.41. The summed E-state index contributed by atoms with van der Waals surface area (Å²) in [7, 11) is 0. The van der Waals surface area contributed by atoms with Crippen molar-refractivity contribution >= 4 is 11.8 Å². The van der Waals surface area contributed by atoms with E-state index in [1.807, 2.05) is 0 Å². The molecular formula is C10H12N2O3. The third kappa shape index (κ3) is 4.12. The van der Waals surface area contributed by atoms with Crippen molar-refractivity contribution in [2.75, 3.05) is 6.54 Å². The Bertz CT molecular complexity index is 377. The molecule has 0 aliphatic heterocycles. The monoisotopic (exact) mass is 208 g/mol. The summed E-state index contributed by atoms with van der Waals surface area (Å²) in [4.78, 5) is 21.6. The van der Waals surface area contributed by atoms with Gasteiger partial charge in [-0.3, -0.25) is 9.59 Å². The van der Waals surface area contributed by atoms with Crippen LogP contribution in [0.3, 0.4) is 0 Å². The van der Waals surface area contributed by atoms with E-state index < -0.39 is 5.91 Å². The van der Waals surface area contributed by atoms with Crippen LogP contribution in [0.1, 0.15) is 5.56 Å². The van der Waals surface area contributed by atoms with Crippen LogP contribution in [0.5, 0.6) is 5.75 Å². The number of primary amides is 1. The highest BCUT2D eigenvalue weighted by atomic mass is 16.3. The van der Waals surface area contributed by atoms with Crippen molar-refractivity contribution in [3.63, 3.8) is 0 Å². The van der Waals surface area contributed by atoms with Gasteiger partial charge in [-0.15, -0.1) is 0 Å². The lowest BCUT2D eigenvalue weighted by Gasteiger charge is -2.03. The molecule has 0 aliphatic carbocycles. The summed E-state index contributed by atoms with van der Waals surface area (Å²) >= 11 is 0. The Morgan fingerprint density at radius 2 is 2.13 bits per heavy atom. The first-order chi connectivity index (χ1) is 7.08. The maximum absolute atomic E-state index is 11.2. The van der Waals surface area contributed by atoms with Crippen LogP contribution < -0.4 is 11.1 Å². The molecule has 0 aromatic heterocycles. The van der Waals surface area contributed by atoms with Crippen molar-refractivity contribution in [1.82, 2.24) is 5.32 Å². The SMILES string of the molecule is NC(=O)CNC(=O)Cc1cccc(O)c1. The summed E-state index contributed by atoms with van der Waals surface area (Å²) in [5.74, 6) is -0.783. The fourth-order valence-corrected chi connectivity index (χ4v) is 1.10. The van der Waals surface area contributed by atoms with E-state index in [1.165, 1.54) is 12.1 Å². The van der Waals surface area contributed by atoms with Crippen molar-refractivity contribution in [2.45, 2.75) is 6.42 Å². The number of hydrogen-bond acceptors (Lipinski definition) is 3. The molecule has 2 amide bonds. The second-order valence-corrected chi connectivity index (χ2v) is 3.09. The third-order valence-corrected chi connectivity index (χ3v) is 1.74. The topological polar surface area (TPSA) is 92.4 Å². The average Bonchev–Trinajstić information content (AvgIpc) is 2.15. The summed E-state index contributed by atoms with van der Waals surface area (Å²) in [6.07, 6.45) is 0.113. The van der Waals surface area contributed by atoms with Crippen LogP contribution in [0.2, 0.25) is 0 Å². The fourth-order valence-electron chi connectivity index (χ4n) is 1.10. The first-order valence-electron chi connectivity index (χ1n) is 4.41. The van der Waals surface area contributed by atoms with Gasteiger partial charge in [-0.25, -0.2) is 0 Å². The average molecular weight is 208 g/mol. The Labute approximate surface area is 86.9 Å². The molecule has 0 fully saturated rings. The lowest BCUT2D eigenvalue weighted by Crippen LogP contribution is -2.34. The van der Waals surface area contributed by atoms with Crippen LogP contribution in [-0.2, 0) is 16.0 Å². The van der Waals surface area contributed by atoms with Crippen molar-refractivity contribution in [2.24, 2.45) is 5.73 Å². The molecule has 0 bridgehead atoms. The van der Waals surface area contributed by atoms with Crippen molar-refractivity contribution in [1.29, 1.82) is 0 Å². The van der Waals surface area contributed by atoms with Gasteiger partial charge in [-0.2, -0.15) is 0 Å². The lowest BCUT2D eigenvalue weighted by molar-refractivity contribution is -0.124. The Balaban J connectivity index is 2.48. The molecule has 0 spiro atoms. The van der Waals surface area contributed by atoms with Crippen LogP contribution in [0.15, 0.2) is 24.3 Å². The first kappa shape index (κ1) is 11.0. The van der Waals surface area contributed by atoms with Gasteiger partial charge in [0.05, 0.1) is 13.0 Å². The van der Waals surface area contributed by atoms with E-state index in [0.29, 0.717) is 5.56 Å². The van der Waals surface area contributed by atoms with Crippen molar-refractivity contribution in [3.05, 3.63) is 29.8 Å². The van der Waals surface area contributed by atoms with Gasteiger partial charge in [-0.1, -0.05) is 12.1 Å². The number of aromatic hydroxyl groups is 1. The van der Waals surface area contributed by atoms with Crippen LogP contribution >= 0.6 is 0 Å². The molecule has 4 N–H and O–H groups in total. The number of hydrogen-bond donors (Lipinski definition) is 3. The molecule has 15 heavy (non-hydrogen) atoms. The second kappa shape index (κ2) is 4.99. The van der Waals surface area contributed by atoms with Gasteiger partial charge in [0, 0.05) is 0 Å². The number of carbonyl (C=O) groups excluding carboxylic acids is 2. The molecule has 80 valence electrons. The predicted molar refractivity (Wildman–Crippen MR) is 54.0 cm³/mol. The van der Waals surface area contributed by atoms with Crippen molar-refractivity contribution < 1.29 is 14.7 Å². The Morgan fingerprint density at radius 3 is 2.73 bits per heavy atom. The van der Waals surface area contributed by atoms with E-state index in [1.54, 1.807) is 12.1 Å². The number of amides is 2. The van der Waals surface area contributed by atoms with E-state index in [4.69, 9.17) is 10.8 Å². The third-order valence-electron chi connectivity index (χ3n) is 1.74. The quantitative estimate of drug-likeness (QED) is 0.625. The van der Waals surface area contributed by atoms with Crippen LogP contribution in [0, 0.1) is 0 Å². The van der Waals surface area contributed by atoms with E-state index in [0.717, 1.165) is 0 Å². The molecule has 0 unspecified atom stereocenters. The van der Waals surface area contributed by atoms with Crippen LogP contribution in [-0.4, -0.2) is 23.5 Å². The highest BCUT2D eigenvalue weighted by molar-refractivity contribution is 5.84.